The van der Waals surface area contributed by atoms with E-state index in [1.165, 1.54) is 6.54 Å². The third-order valence-corrected chi connectivity index (χ3v) is 4.05. The molecule has 1 amide bonds. The van der Waals surface area contributed by atoms with E-state index in [4.69, 9.17) is 0 Å². The van der Waals surface area contributed by atoms with Crippen molar-refractivity contribution in [2.45, 2.75) is 25.3 Å². The molecule has 0 aromatic rings. The first-order chi connectivity index (χ1) is 7.84. The number of carbonyl (C=O) groups is 1. The molecule has 1 saturated carbocycles. The second kappa shape index (κ2) is 4.34. The predicted octanol–water partition coefficient (Wildman–Crippen LogP) is -0.0975. The van der Waals surface area contributed by atoms with Crippen LogP contribution in [0.1, 0.15) is 19.3 Å². The molecule has 0 aromatic heterocycles. The van der Waals surface area contributed by atoms with Crippen molar-refractivity contribution in [3.63, 3.8) is 0 Å². The third kappa shape index (κ3) is 2.09. The van der Waals surface area contributed by atoms with Gasteiger partial charge in [-0.15, -0.1) is 0 Å². The van der Waals surface area contributed by atoms with Gasteiger partial charge in [0.15, 0.2) is 0 Å². The fourth-order valence-corrected chi connectivity index (χ4v) is 2.64. The highest BCUT2D eigenvalue weighted by molar-refractivity contribution is 5.81. The maximum Gasteiger partial charge on any atom is 0.225 e. The van der Waals surface area contributed by atoms with E-state index in [9.17, 15) is 4.79 Å². The van der Waals surface area contributed by atoms with Gasteiger partial charge < -0.3 is 10.2 Å². The van der Waals surface area contributed by atoms with E-state index in [-0.39, 0.29) is 0 Å². The minimum Gasteiger partial charge on any atom is -0.341 e. The molecule has 0 spiro atoms. The van der Waals surface area contributed by atoms with Crippen LogP contribution in [0, 0.1) is 5.92 Å². The molecule has 0 unspecified atom stereocenters. The smallest absolute Gasteiger partial charge is 0.225 e. The summed E-state index contributed by atoms with van der Waals surface area (Å²) in [6, 6.07) is 0.732. The van der Waals surface area contributed by atoms with Gasteiger partial charge in [-0.1, -0.05) is 0 Å². The summed E-state index contributed by atoms with van der Waals surface area (Å²) < 4.78 is 0. The van der Waals surface area contributed by atoms with E-state index >= 15 is 0 Å². The Bertz CT molecular complexity index is 273. The molecule has 90 valence electrons. The normalized spacial score (nSPS) is 28.6. The second-order valence-electron chi connectivity index (χ2n) is 5.30. The van der Waals surface area contributed by atoms with Crippen molar-refractivity contribution in [1.29, 1.82) is 0 Å². The lowest BCUT2D eigenvalue weighted by atomic mass is 10.1. The highest BCUT2D eigenvalue weighted by Gasteiger charge is 2.34. The van der Waals surface area contributed by atoms with Crippen molar-refractivity contribution >= 4 is 5.91 Å². The van der Waals surface area contributed by atoms with Gasteiger partial charge in [-0.3, -0.25) is 9.69 Å². The molecule has 4 heteroatoms. The number of rotatable bonds is 2. The third-order valence-electron chi connectivity index (χ3n) is 4.05. The van der Waals surface area contributed by atoms with E-state index < -0.39 is 0 Å². The summed E-state index contributed by atoms with van der Waals surface area (Å²) in [7, 11) is 0. The monoisotopic (exact) mass is 223 g/mol. The van der Waals surface area contributed by atoms with Crippen LogP contribution >= 0.6 is 0 Å². The molecule has 0 bridgehead atoms. The van der Waals surface area contributed by atoms with Crippen LogP contribution in [0.5, 0.6) is 0 Å². The number of carbonyl (C=O) groups excluding carboxylic acids is 1. The second-order valence-corrected chi connectivity index (χ2v) is 5.30. The van der Waals surface area contributed by atoms with E-state index in [1.807, 2.05) is 0 Å². The maximum atomic E-state index is 12.0. The molecule has 0 aromatic carbocycles. The predicted molar refractivity (Wildman–Crippen MR) is 62.2 cm³/mol. The zero-order valence-electron chi connectivity index (χ0n) is 9.82. The minimum atomic E-state index is 0.386. The highest BCUT2D eigenvalue weighted by atomic mass is 16.2. The summed E-state index contributed by atoms with van der Waals surface area (Å²) in [5.41, 5.74) is 0. The van der Waals surface area contributed by atoms with Crippen LogP contribution in [-0.2, 0) is 4.79 Å². The molecular weight excluding hydrogens is 202 g/mol. The molecule has 0 atom stereocenters. The van der Waals surface area contributed by atoms with Crippen LogP contribution < -0.4 is 5.32 Å². The zero-order chi connectivity index (χ0) is 11.0. The fraction of sp³-hybridized carbons (Fsp3) is 0.917. The lowest BCUT2D eigenvalue weighted by molar-refractivity contribution is -0.132. The zero-order valence-corrected chi connectivity index (χ0v) is 9.82. The van der Waals surface area contributed by atoms with E-state index in [0.717, 1.165) is 58.0 Å². The summed E-state index contributed by atoms with van der Waals surface area (Å²) >= 11 is 0. The Labute approximate surface area is 97.0 Å². The van der Waals surface area contributed by atoms with Crippen molar-refractivity contribution in [3.8, 4) is 0 Å². The standard InChI is InChI=1S/C12H21N3O/c16-12(10-2-3-10)15-5-1-4-14(6-7-15)11-8-13-9-11/h10-11,13H,1-9H2. The van der Waals surface area contributed by atoms with Gasteiger partial charge in [0.25, 0.3) is 0 Å². The van der Waals surface area contributed by atoms with Gasteiger partial charge in [0.1, 0.15) is 0 Å². The molecule has 2 saturated heterocycles. The average molecular weight is 223 g/mol. The first-order valence-electron chi connectivity index (χ1n) is 6.58. The quantitative estimate of drug-likeness (QED) is 0.710. The van der Waals surface area contributed by atoms with Gasteiger partial charge in [0.2, 0.25) is 5.91 Å². The Hall–Kier alpha value is -0.610. The van der Waals surface area contributed by atoms with Gasteiger partial charge in [-0.05, 0) is 19.3 Å². The van der Waals surface area contributed by atoms with Crippen LogP contribution in [0.15, 0.2) is 0 Å². The van der Waals surface area contributed by atoms with E-state index in [0.29, 0.717) is 11.8 Å². The van der Waals surface area contributed by atoms with Crippen molar-refractivity contribution in [3.05, 3.63) is 0 Å². The number of nitrogens with one attached hydrogen (secondary N) is 1. The molecule has 16 heavy (non-hydrogen) atoms. The van der Waals surface area contributed by atoms with Gasteiger partial charge in [-0.25, -0.2) is 0 Å². The van der Waals surface area contributed by atoms with Crippen molar-refractivity contribution in [2.75, 3.05) is 39.3 Å². The highest BCUT2D eigenvalue weighted by Crippen LogP contribution is 2.31. The van der Waals surface area contributed by atoms with Crippen LogP contribution in [0.3, 0.4) is 0 Å². The van der Waals surface area contributed by atoms with E-state index in [1.54, 1.807) is 0 Å². The molecule has 1 aliphatic carbocycles. The first kappa shape index (κ1) is 10.5. The lowest BCUT2D eigenvalue weighted by Crippen LogP contribution is -2.57. The fourth-order valence-electron chi connectivity index (χ4n) is 2.64. The Morgan fingerprint density at radius 1 is 1.06 bits per heavy atom. The summed E-state index contributed by atoms with van der Waals surface area (Å²) in [5, 5.41) is 3.32. The summed E-state index contributed by atoms with van der Waals surface area (Å²) in [6.45, 7) is 6.44. The number of hydrogen-bond acceptors (Lipinski definition) is 3. The summed E-state index contributed by atoms with van der Waals surface area (Å²) in [4.78, 5) is 16.6. The van der Waals surface area contributed by atoms with Crippen LogP contribution in [0.2, 0.25) is 0 Å². The van der Waals surface area contributed by atoms with Gasteiger partial charge in [0.05, 0.1) is 0 Å². The number of hydrogen-bond donors (Lipinski definition) is 1. The average Bonchev–Trinajstić information content (AvgIpc) is 3.02. The molecule has 3 aliphatic rings. The van der Waals surface area contributed by atoms with Crippen LogP contribution in [0.25, 0.3) is 0 Å². The molecule has 3 fully saturated rings. The summed E-state index contributed by atoms with van der Waals surface area (Å²) in [5.74, 6) is 0.811. The minimum absolute atomic E-state index is 0.386. The Morgan fingerprint density at radius 3 is 2.50 bits per heavy atom. The molecule has 0 radical (unpaired) electrons. The molecule has 3 rings (SSSR count). The Kier molecular flexibility index (Phi) is 2.86. The summed E-state index contributed by atoms with van der Waals surface area (Å²) in [6.07, 6.45) is 3.41. The van der Waals surface area contributed by atoms with Crippen LogP contribution in [-0.4, -0.2) is 61.0 Å². The van der Waals surface area contributed by atoms with Crippen LogP contribution in [0.4, 0.5) is 0 Å². The molecule has 1 N–H and O–H groups in total. The molecular formula is C12H21N3O. The molecule has 2 aliphatic heterocycles. The SMILES string of the molecule is O=C(C1CC1)N1CCCN(C2CNC2)CC1. The Balaban J connectivity index is 1.53. The molecule has 2 heterocycles. The maximum absolute atomic E-state index is 12.0. The van der Waals surface area contributed by atoms with Gasteiger partial charge in [-0.2, -0.15) is 0 Å². The van der Waals surface area contributed by atoms with E-state index in [2.05, 4.69) is 15.1 Å². The van der Waals surface area contributed by atoms with Crippen molar-refractivity contribution < 1.29 is 4.79 Å². The largest absolute Gasteiger partial charge is 0.341 e. The lowest BCUT2D eigenvalue weighted by Gasteiger charge is -2.37. The van der Waals surface area contributed by atoms with Gasteiger partial charge in [0, 0.05) is 51.2 Å². The molecule has 4 nitrogen and oxygen atoms in total. The van der Waals surface area contributed by atoms with Crippen molar-refractivity contribution in [2.24, 2.45) is 5.92 Å². The van der Waals surface area contributed by atoms with Gasteiger partial charge >= 0.3 is 0 Å². The first-order valence-corrected chi connectivity index (χ1v) is 6.58. The number of nitrogens with zero attached hydrogens (tertiary/aromatic N) is 2. The Morgan fingerprint density at radius 2 is 1.88 bits per heavy atom. The topological polar surface area (TPSA) is 35.6 Å². The number of amides is 1. The van der Waals surface area contributed by atoms with Crippen molar-refractivity contribution in [1.82, 2.24) is 15.1 Å².